The smallest absolute Gasteiger partial charge is 0.356 e. The van der Waals surface area contributed by atoms with Gasteiger partial charge in [-0.1, -0.05) is 24.3 Å². The molecule has 0 bridgehead atoms. The van der Waals surface area contributed by atoms with Gasteiger partial charge < -0.3 is 4.74 Å². The van der Waals surface area contributed by atoms with E-state index in [0.717, 1.165) is 10.0 Å². The maximum atomic E-state index is 13.6. The molecule has 0 unspecified atom stereocenters. The number of hydrogen-bond donors (Lipinski definition) is 0. The summed E-state index contributed by atoms with van der Waals surface area (Å²) in [5, 5.41) is 0.506. The molecule has 0 atom stereocenters. The van der Waals surface area contributed by atoms with Crippen LogP contribution in [-0.2, 0) is 14.8 Å². The fourth-order valence-electron chi connectivity index (χ4n) is 3.69. The quantitative estimate of drug-likeness (QED) is 0.268. The highest BCUT2D eigenvalue weighted by molar-refractivity contribution is 7.90. The molecule has 0 aliphatic rings. The first-order valence-electron chi connectivity index (χ1n) is 10.4. The number of esters is 1. The van der Waals surface area contributed by atoms with Crippen LogP contribution < -0.4 is 0 Å². The minimum Gasteiger partial charge on any atom is -0.464 e. The molecule has 0 saturated carbocycles. The number of hydrogen-bond acceptors (Lipinski definition) is 7. The molecule has 5 rings (SSSR count). The van der Waals surface area contributed by atoms with E-state index in [1.54, 1.807) is 42.5 Å². The molecule has 0 N–H and O–H groups in total. The van der Waals surface area contributed by atoms with Gasteiger partial charge >= 0.3 is 5.97 Å². The van der Waals surface area contributed by atoms with Gasteiger partial charge in [-0.2, -0.15) is 4.39 Å². The zero-order valence-corrected chi connectivity index (χ0v) is 19.1. The molecule has 8 nitrogen and oxygen atoms in total. The van der Waals surface area contributed by atoms with E-state index in [9.17, 15) is 17.6 Å². The lowest BCUT2D eigenvalue weighted by atomic mass is 10.1. The van der Waals surface area contributed by atoms with Crippen molar-refractivity contribution < 1.29 is 22.3 Å². The lowest BCUT2D eigenvalue weighted by molar-refractivity contribution is 0.0594. The van der Waals surface area contributed by atoms with E-state index in [2.05, 4.69) is 15.0 Å². The predicted octanol–water partition coefficient (Wildman–Crippen LogP) is 4.32. The molecule has 0 amide bonds. The molecule has 10 heteroatoms. The molecule has 0 radical (unpaired) electrons. The number of pyridine rings is 3. The average molecular weight is 489 g/mol. The third-order valence-electron chi connectivity index (χ3n) is 5.34. The van der Waals surface area contributed by atoms with Crippen molar-refractivity contribution in [2.75, 3.05) is 7.11 Å². The molecule has 0 aliphatic carbocycles. The fourth-order valence-corrected chi connectivity index (χ4v) is 5.20. The Balaban J connectivity index is 1.73. The van der Waals surface area contributed by atoms with Gasteiger partial charge in [-0.05, 0) is 48.5 Å². The van der Waals surface area contributed by atoms with Crippen LogP contribution in [-0.4, -0.2) is 40.4 Å². The number of benzene rings is 1. The molecular weight excluding hydrogens is 471 g/mol. The standard InChI is InChI=1S/C25H17FN4O4S/c1-34-25(31)21-9-5-8-20(29-21)18-12-17-13-22(16-10-11-23(26)27-14-16)30(24(17)28-15-18)35(32,33)19-6-3-2-4-7-19/h2-15H,1H3. The van der Waals surface area contributed by atoms with Crippen LogP contribution in [0.15, 0.2) is 90.1 Å². The van der Waals surface area contributed by atoms with E-state index in [0.29, 0.717) is 22.2 Å². The number of carbonyl (C=O) groups is 1. The Morgan fingerprint density at radius 2 is 1.69 bits per heavy atom. The van der Waals surface area contributed by atoms with Gasteiger partial charge in [0.15, 0.2) is 5.65 Å². The molecule has 5 aromatic rings. The van der Waals surface area contributed by atoms with Gasteiger partial charge in [0.2, 0.25) is 5.95 Å². The Kier molecular flexibility index (Phi) is 5.58. The molecule has 4 aromatic heterocycles. The first kappa shape index (κ1) is 22.4. The number of aromatic nitrogens is 4. The highest BCUT2D eigenvalue weighted by atomic mass is 32.2. The lowest BCUT2D eigenvalue weighted by Gasteiger charge is -2.11. The summed E-state index contributed by atoms with van der Waals surface area (Å²) >= 11 is 0. The van der Waals surface area contributed by atoms with E-state index in [-0.39, 0.29) is 21.9 Å². The van der Waals surface area contributed by atoms with E-state index >= 15 is 0 Å². The third kappa shape index (κ3) is 4.04. The summed E-state index contributed by atoms with van der Waals surface area (Å²) in [6.45, 7) is 0. The number of methoxy groups -OCH3 is 1. The minimum atomic E-state index is -4.05. The van der Waals surface area contributed by atoms with E-state index < -0.39 is 21.9 Å². The van der Waals surface area contributed by atoms with Crippen LogP contribution in [0.1, 0.15) is 10.5 Å². The number of halogens is 1. The topological polar surface area (TPSA) is 104 Å². The van der Waals surface area contributed by atoms with Crippen molar-refractivity contribution in [3.63, 3.8) is 0 Å². The fraction of sp³-hybridized carbons (Fsp3) is 0.0400. The maximum Gasteiger partial charge on any atom is 0.356 e. The van der Waals surface area contributed by atoms with Crippen LogP contribution in [0, 0.1) is 5.95 Å². The SMILES string of the molecule is COC(=O)c1cccc(-c2cnc3c(c2)cc(-c2ccc(F)nc2)n3S(=O)(=O)c2ccccc2)n1. The van der Waals surface area contributed by atoms with Crippen molar-refractivity contribution in [2.24, 2.45) is 0 Å². The molecule has 174 valence electrons. The van der Waals surface area contributed by atoms with Crippen molar-refractivity contribution in [3.8, 4) is 22.5 Å². The second-order valence-corrected chi connectivity index (χ2v) is 9.30. The van der Waals surface area contributed by atoms with E-state index in [1.807, 2.05) is 0 Å². The monoisotopic (exact) mass is 488 g/mol. The zero-order chi connectivity index (χ0) is 24.6. The second kappa shape index (κ2) is 8.73. The van der Waals surface area contributed by atoms with Crippen LogP contribution >= 0.6 is 0 Å². The van der Waals surface area contributed by atoms with E-state index in [4.69, 9.17) is 4.74 Å². The molecule has 0 spiro atoms. The number of rotatable bonds is 5. The Morgan fingerprint density at radius 3 is 2.40 bits per heavy atom. The molecule has 35 heavy (non-hydrogen) atoms. The molecule has 0 fully saturated rings. The molecule has 1 aromatic carbocycles. The van der Waals surface area contributed by atoms with Gasteiger partial charge in [0.25, 0.3) is 10.0 Å². The molecule has 0 saturated heterocycles. The zero-order valence-electron chi connectivity index (χ0n) is 18.3. The van der Waals surface area contributed by atoms with Crippen LogP contribution in [0.3, 0.4) is 0 Å². The molecule has 0 aliphatic heterocycles. The van der Waals surface area contributed by atoms with Crippen LogP contribution in [0.4, 0.5) is 4.39 Å². The van der Waals surface area contributed by atoms with Crippen molar-refractivity contribution in [2.45, 2.75) is 4.90 Å². The predicted molar refractivity (Wildman–Crippen MR) is 127 cm³/mol. The van der Waals surface area contributed by atoms with Gasteiger partial charge in [-0.3, -0.25) is 0 Å². The van der Waals surface area contributed by atoms with Gasteiger partial charge in [0.1, 0.15) is 5.69 Å². The Labute approximate surface area is 199 Å². The summed E-state index contributed by atoms with van der Waals surface area (Å²) in [6, 6.07) is 18.8. The maximum absolute atomic E-state index is 13.6. The second-order valence-electron chi connectivity index (χ2n) is 7.52. The summed E-state index contributed by atoms with van der Waals surface area (Å²) in [5.74, 6) is -1.26. The van der Waals surface area contributed by atoms with Crippen molar-refractivity contribution in [1.29, 1.82) is 0 Å². The van der Waals surface area contributed by atoms with Gasteiger partial charge in [0.05, 0.1) is 23.4 Å². The van der Waals surface area contributed by atoms with Gasteiger partial charge in [0, 0.05) is 28.9 Å². The third-order valence-corrected chi connectivity index (χ3v) is 7.06. The number of ether oxygens (including phenoxy) is 1. The number of carbonyl (C=O) groups excluding carboxylic acids is 1. The van der Waals surface area contributed by atoms with Crippen molar-refractivity contribution in [1.82, 2.24) is 18.9 Å². The van der Waals surface area contributed by atoms with Crippen molar-refractivity contribution >= 4 is 27.0 Å². The Morgan fingerprint density at radius 1 is 0.914 bits per heavy atom. The largest absolute Gasteiger partial charge is 0.464 e. The highest BCUT2D eigenvalue weighted by Crippen LogP contribution is 2.33. The highest BCUT2D eigenvalue weighted by Gasteiger charge is 2.25. The Hall–Kier alpha value is -4.44. The Bertz CT molecular complexity index is 1670. The summed E-state index contributed by atoms with van der Waals surface area (Å²) in [4.78, 5) is 24.4. The van der Waals surface area contributed by atoms with E-state index in [1.165, 1.54) is 43.8 Å². The van der Waals surface area contributed by atoms with Crippen LogP contribution in [0.2, 0.25) is 0 Å². The number of nitrogens with zero attached hydrogens (tertiary/aromatic N) is 4. The van der Waals surface area contributed by atoms with Gasteiger partial charge in [-0.15, -0.1) is 0 Å². The first-order chi connectivity index (χ1) is 16.9. The van der Waals surface area contributed by atoms with Crippen LogP contribution in [0.25, 0.3) is 33.5 Å². The van der Waals surface area contributed by atoms with Crippen LogP contribution in [0.5, 0.6) is 0 Å². The normalized spacial score (nSPS) is 11.5. The minimum absolute atomic E-state index is 0.0761. The summed E-state index contributed by atoms with van der Waals surface area (Å²) in [6.07, 6.45) is 2.75. The summed E-state index contributed by atoms with van der Waals surface area (Å²) in [7, 11) is -2.78. The lowest BCUT2D eigenvalue weighted by Crippen LogP contribution is -2.14. The molecular formula is C25H17FN4O4S. The number of fused-ring (bicyclic) bond motifs is 1. The van der Waals surface area contributed by atoms with Gasteiger partial charge in [-0.25, -0.2) is 32.1 Å². The first-order valence-corrected chi connectivity index (χ1v) is 11.8. The summed E-state index contributed by atoms with van der Waals surface area (Å²) < 4.78 is 46.6. The van der Waals surface area contributed by atoms with Crippen molar-refractivity contribution in [3.05, 3.63) is 96.8 Å². The summed E-state index contributed by atoms with van der Waals surface area (Å²) in [5.41, 5.74) is 2.02. The average Bonchev–Trinajstić information content (AvgIpc) is 3.29. The molecule has 4 heterocycles.